The fourth-order valence-corrected chi connectivity index (χ4v) is 4.31. The second-order valence-electron chi connectivity index (χ2n) is 9.16. The number of carbonyl (C=O) groups is 1. The molecule has 0 spiro atoms. The fraction of sp³-hybridized carbons (Fsp3) is 0.370. The van der Waals surface area contributed by atoms with Gasteiger partial charge >= 0.3 is 17.8 Å². The van der Waals surface area contributed by atoms with Gasteiger partial charge in [-0.15, -0.1) is 0 Å². The summed E-state index contributed by atoms with van der Waals surface area (Å²) in [6.45, 7) is 9.10. The van der Waals surface area contributed by atoms with Crippen molar-refractivity contribution in [2.45, 2.75) is 66.2 Å². The number of halogens is 3. The summed E-state index contributed by atoms with van der Waals surface area (Å²) in [6, 6.07) is 4.92. The lowest BCUT2D eigenvalue weighted by Crippen LogP contribution is -2.40. The standard InChI is InChI=1S/C27H29F3N6O4/c1-5-11-35-24(37)21-23(34(7-3)26(35)39)32-22(36(21)16-40-25(38)17(4)6-2)19-13-31-33(15-19)14-18-9-8-10-20(12-18)27(28,29)30/h8-10,12-13,15H,4-7,11,14,16H2,1-3H3. The van der Waals surface area contributed by atoms with E-state index < -0.39 is 29.0 Å². The molecule has 0 N–H and O–H groups in total. The molecule has 3 aromatic heterocycles. The van der Waals surface area contributed by atoms with Gasteiger partial charge in [0, 0.05) is 24.9 Å². The monoisotopic (exact) mass is 558 g/mol. The van der Waals surface area contributed by atoms with Gasteiger partial charge in [0.25, 0.3) is 5.56 Å². The molecule has 0 unspecified atom stereocenters. The van der Waals surface area contributed by atoms with Crippen molar-refractivity contribution >= 4 is 17.1 Å². The van der Waals surface area contributed by atoms with E-state index in [9.17, 15) is 27.6 Å². The third-order valence-corrected chi connectivity index (χ3v) is 6.41. The number of nitrogens with zero attached hydrogens (tertiary/aromatic N) is 6. The second kappa shape index (κ2) is 11.4. The van der Waals surface area contributed by atoms with E-state index in [1.54, 1.807) is 26.1 Å². The number of benzene rings is 1. The number of hydrogen-bond donors (Lipinski definition) is 0. The molecule has 10 nitrogen and oxygen atoms in total. The molecule has 0 aliphatic carbocycles. The summed E-state index contributed by atoms with van der Waals surface area (Å²) in [5.74, 6) is -0.443. The summed E-state index contributed by atoms with van der Waals surface area (Å²) < 4.78 is 50.2. The molecule has 0 aliphatic heterocycles. The van der Waals surface area contributed by atoms with Crippen LogP contribution in [0.5, 0.6) is 0 Å². The minimum absolute atomic E-state index is 0.0401. The van der Waals surface area contributed by atoms with Gasteiger partial charge < -0.3 is 4.74 Å². The third-order valence-electron chi connectivity index (χ3n) is 6.41. The van der Waals surface area contributed by atoms with E-state index in [0.717, 1.165) is 16.7 Å². The van der Waals surface area contributed by atoms with Crippen LogP contribution < -0.4 is 11.2 Å². The molecular weight excluding hydrogens is 529 g/mol. The number of hydrogen-bond acceptors (Lipinski definition) is 6. The van der Waals surface area contributed by atoms with Crippen molar-refractivity contribution in [2.24, 2.45) is 0 Å². The molecule has 0 radical (unpaired) electrons. The molecular formula is C27H29F3N6O4. The SMILES string of the molecule is C=C(CC)C(=O)OCn1c(-c2cnn(Cc3cccc(C(F)(F)F)c3)c2)nc2c1c(=O)n(CCC)c(=O)n2CC. The maximum Gasteiger partial charge on any atom is 0.416 e. The lowest BCUT2D eigenvalue weighted by Gasteiger charge is -2.12. The molecule has 0 fully saturated rings. The summed E-state index contributed by atoms with van der Waals surface area (Å²) >= 11 is 0. The first-order valence-corrected chi connectivity index (χ1v) is 12.8. The largest absolute Gasteiger partial charge is 0.440 e. The molecule has 0 amide bonds. The highest BCUT2D eigenvalue weighted by molar-refractivity contribution is 5.87. The van der Waals surface area contributed by atoms with Crippen LogP contribution in [0.15, 0.2) is 58.4 Å². The van der Waals surface area contributed by atoms with E-state index in [-0.39, 0.29) is 48.9 Å². The Kier molecular flexibility index (Phi) is 8.12. The number of alkyl halides is 3. The normalized spacial score (nSPS) is 11.8. The maximum absolute atomic E-state index is 13.5. The highest BCUT2D eigenvalue weighted by Crippen LogP contribution is 2.30. The zero-order valence-corrected chi connectivity index (χ0v) is 22.4. The van der Waals surface area contributed by atoms with Crippen molar-refractivity contribution in [1.29, 1.82) is 0 Å². The van der Waals surface area contributed by atoms with E-state index >= 15 is 0 Å². The number of imidazole rings is 1. The number of ether oxygens (including phenoxy) is 1. The van der Waals surface area contributed by atoms with Crippen molar-refractivity contribution < 1.29 is 22.7 Å². The van der Waals surface area contributed by atoms with Gasteiger partial charge in [-0.25, -0.2) is 14.6 Å². The smallest absolute Gasteiger partial charge is 0.416 e. The zero-order valence-electron chi connectivity index (χ0n) is 22.4. The zero-order chi connectivity index (χ0) is 29.2. The van der Waals surface area contributed by atoms with E-state index in [2.05, 4.69) is 16.7 Å². The van der Waals surface area contributed by atoms with Crippen LogP contribution in [0.3, 0.4) is 0 Å². The van der Waals surface area contributed by atoms with Gasteiger partial charge in [-0.3, -0.25) is 23.2 Å². The highest BCUT2D eigenvalue weighted by Gasteiger charge is 2.30. The van der Waals surface area contributed by atoms with Gasteiger partial charge in [0.15, 0.2) is 17.9 Å². The molecule has 3 heterocycles. The first kappa shape index (κ1) is 28.6. The third kappa shape index (κ3) is 5.49. The van der Waals surface area contributed by atoms with E-state index in [1.165, 1.54) is 26.1 Å². The number of esters is 1. The van der Waals surface area contributed by atoms with E-state index in [4.69, 9.17) is 4.74 Å². The number of carbonyl (C=O) groups excluding carboxylic acids is 1. The van der Waals surface area contributed by atoms with Crippen LogP contribution in [0.25, 0.3) is 22.6 Å². The van der Waals surface area contributed by atoms with Crippen molar-refractivity contribution in [3.05, 3.63) is 80.8 Å². The predicted octanol–water partition coefficient (Wildman–Crippen LogP) is 4.19. The van der Waals surface area contributed by atoms with Gasteiger partial charge in [0.1, 0.15) is 5.82 Å². The molecule has 0 bridgehead atoms. The molecule has 4 rings (SSSR count). The molecule has 13 heteroatoms. The van der Waals surface area contributed by atoms with Gasteiger partial charge in [-0.05, 0) is 37.5 Å². The lowest BCUT2D eigenvalue weighted by atomic mass is 10.1. The summed E-state index contributed by atoms with van der Waals surface area (Å²) in [6.07, 6.45) is -0.562. The summed E-state index contributed by atoms with van der Waals surface area (Å²) in [7, 11) is 0. The Bertz CT molecular complexity index is 1690. The number of fused-ring (bicyclic) bond motifs is 1. The highest BCUT2D eigenvalue weighted by atomic mass is 19.4. The maximum atomic E-state index is 13.5. The molecule has 4 aromatic rings. The Labute approximate surface area is 226 Å². The Morgan fingerprint density at radius 2 is 1.85 bits per heavy atom. The Morgan fingerprint density at radius 3 is 2.50 bits per heavy atom. The van der Waals surface area contributed by atoms with Crippen molar-refractivity contribution in [3.63, 3.8) is 0 Å². The van der Waals surface area contributed by atoms with E-state index in [1.807, 2.05) is 6.92 Å². The first-order valence-electron chi connectivity index (χ1n) is 12.8. The van der Waals surface area contributed by atoms with Crippen molar-refractivity contribution in [3.8, 4) is 11.4 Å². The number of aromatic nitrogens is 6. The predicted molar refractivity (Wildman–Crippen MR) is 142 cm³/mol. The van der Waals surface area contributed by atoms with Crippen molar-refractivity contribution in [2.75, 3.05) is 0 Å². The van der Waals surface area contributed by atoms with Gasteiger partial charge in [0.2, 0.25) is 0 Å². The lowest BCUT2D eigenvalue weighted by molar-refractivity contribution is -0.142. The van der Waals surface area contributed by atoms with Gasteiger partial charge in [-0.1, -0.05) is 32.6 Å². The van der Waals surface area contributed by atoms with Crippen LogP contribution in [-0.4, -0.2) is 34.4 Å². The van der Waals surface area contributed by atoms with Crippen LogP contribution in [0.2, 0.25) is 0 Å². The summed E-state index contributed by atoms with van der Waals surface area (Å²) in [5.41, 5.74) is -0.621. The molecule has 40 heavy (non-hydrogen) atoms. The number of rotatable bonds is 10. The van der Waals surface area contributed by atoms with Crippen LogP contribution in [0, 0.1) is 0 Å². The molecule has 0 atom stereocenters. The molecule has 0 saturated carbocycles. The summed E-state index contributed by atoms with van der Waals surface area (Å²) in [5, 5.41) is 4.27. The van der Waals surface area contributed by atoms with Crippen LogP contribution in [-0.2, 0) is 42.1 Å². The molecule has 1 aromatic carbocycles. The van der Waals surface area contributed by atoms with Gasteiger partial charge in [-0.2, -0.15) is 18.3 Å². The van der Waals surface area contributed by atoms with E-state index in [0.29, 0.717) is 24.0 Å². The van der Waals surface area contributed by atoms with Crippen LogP contribution >= 0.6 is 0 Å². The average Bonchev–Trinajstić information content (AvgIpc) is 3.53. The number of aryl methyl sites for hydroxylation is 1. The van der Waals surface area contributed by atoms with Crippen molar-refractivity contribution in [1.82, 2.24) is 28.5 Å². The summed E-state index contributed by atoms with van der Waals surface area (Å²) in [4.78, 5) is 43.5. The quantitative estimate of drug-likeness (QED) is 0.214. The Morgan fingerprint density at radius 1 is 1.10 bits per heavy atom. The second-order valence-corrected chi connectivity index (χ2v) is 9.16. The topological polar surface area (TPSA) is 106 Å². The molecule has 0 aliphatic rings. The van der Waals surface area contributed by atoms with Crippen LogP contribution in [0.1, 0.15) is 44.7 Å². The first-order chi connectivity index (χ1) is 19.0. The molecule has 212 valence electrons. The fourth-order valence-electron chi connectivity index (χ4n) is 4.31. The average molecular weight is 559 g/mol. The van der Waals surface area contributed by atoms with Crippen LogP contribution in [0.4, 0.5) is 13.2 Å². The Balaban J connectivity index is 1.83. The van der Waals surface area contributed by atoms with Gasteiger partial charge in [0.05, 0.1) is 23.9 Å². The molecule has 0 saturated heterocycles. The minimum Gasteiger partial charge on any atom is -0.440 e. The minimum atomic E-state index is -4.48. The Hall–Kier alpha value is -4.42.